The van der Waals surface area contributed by atoms with Gasteiger partial charge in [0, 0.05) is 18.0 Å². The first-order chi connectivity index (χ1) is 16.3. The fourth-order valence-electron chi connectivity index (χ4n) is 3.73. The summed E-state index contributed by atoms with van der Waals surface area (Å²) in [5.74, 6) is 1.63. The van der Waals surface area contributed by atoms with Gasteiger partial charge in [-0.3, -0.25) is 9.12 Å². The molecule has 0 aliphatic heterocycles. The van der Waals surface area contributed by atoms with Crippen LogP contribution in [-0.2, 0) is 16.7 Å². The van der Waals surface area contributed by atoms with E-state index < -0.39 is 10.1 Å². The van der Waals surface area contributed by atoms with E-state index in [4.69, 9.17) is 20.3 Å². The van der Waals surface area contributed by atoms with Crippen LogP contribution in [0.3, 0.4) is 0 Å². The zero-order chi connectivity index (χ0) is 25.5. The second-order valence-corrected chi connectivity index (χ2v) is 11.5. The predicted molar refractivity (Wildman–Crippen MR) is 134 cm³/mol. The molecule has 0 bridgehead atoms. The number of benzene rings is 1. The molecule has 3 aromatic heterocycles. The van der Waals surface area contributed by atoms with E-state index in [0.29, 0.717) is 24.7 Å². The van der Waals surface area contributed by atoms with Crippen molar-refractivity contribution in [3.63, 3.8) is 0 Å². The Morgan fingerprint density at radius 2 is 1.74 bits per heavy atom. The maximum atomic E-state index is 13.5. The second-order valence-electron chi connectivity index (χ2n) is 10.0. The van der Waals surface area contributed by atoms with Crippen LogP contribution in [0.2, 0.25) is 0 Å². The van der Waals surface area contributed by atoms with E-state index in [0.717, 1.165) is 52.5 Å². The van der Waals surface area contributed by atoms with Crippen molar-refractivity contribution in [1.29, 1.82) is 0 Å². The molecule has 9 nitrogen and oxygen atoms in total. The van der Waals surface area contributed by atoms with Gasteiger partial charge in [-0.25, -0.2) is 19.3 Å². The number of rotatable bonds is 4. The molecule has 0 unspecified atom stereocenters. The smallest absolute Gasteiger partial charge is 0.261 e. The summed E-state index contributed by atoms with van der Waals surface area (Å²) < 4.78 is 41.3. The average Bonchev–Trinajstić information content (AvgIpc) is 3.42. The van der Waals surface area contributed by atoms with Gasteiger partial charge in [-0.05, 0) is 54.7 Å². The van der Waals surface area contributed by atoms with Crippen molar-refractivity contribution in [2.24, 2.45) is 5.41 Å². The minimum absolute atomic E-state index is 0.0336. The highest BCUT2D eigenvalue weighted by molar-refractivity contribution is 7.85. The average molecular weight is 501 g/mol. The Kier molecular flexibility index (Phi) is 6.41. The molecule has 0 atom stereocenters. The minimum Gasteiger partial charge on any atom is -0.369 e. The Morgan fingerprint density at radius 3 is 2.31 bits per heavy atom. The molecule has 1 aromatic carbocycles. The molecule has 35 heavy (non-hydrogen) atoms. The summed E-state index contributed by atoms with van der Waals surface area (Å²) in [7, 11) is -3.67. The number of pyridine rings is 1. The Morgan fingerprint density at radius 1 is 1.11 bits per heavy atom. The van der Waals surface area contributed by atoms with Crippen LogP contribution in [0.5, 0.6) is 0 Å². The molecular formula is C24H29FN6O3S. The van der Waals surface area contributed by atoms with Crippen molar-refractivity contribution in [2.75, 3.05) is 12.0 Å². The number of aromatic amines is 1. The molecule has 186 valence electrons. The van der Waals surface area contributed by atoms with Gasteiger partial charge >= 0.3 is 0 Å². The van der Waals surface area contributed by atoms with Gasteiger partial charge in [0.15, 0.2) is 5.65 Å². The highest BCUT2D eigenvalue weighted by atomic mass is 32.2. The topological polar surface area (TPSA) is 140 Å². The number of nitrogens with two attached hydrogens (primary N) is 1. The van der Waals surface area contributed by atoms with Crippen LogP contribution in [-0.4, -0.2) is 43.7 Å². The number of nitrogens with one attached hydrogen (secondary N) is 1. The number of H-pyrrole nitrogens is 1. The van der Waals surface area contributed by atoms with Crippen molar-refractivity contribution in [3.05, 3.63) is 48.0 Å². The van der Waals surface area contributed by atoms with Gasteiger partial charge in [-0.15, -0.1) is 0 Å². The van der Waals surface area contributed by atoms with Crippen LogP contribution in [0.15, 0.2) is 36.4 Å². The van der Waals surface area contributed by atoms with E-state index in [-0.39, 0.29) is 11.2 Å². The number of hydrogen-bond acceptors (Lipinski definition) is 6. The molecule has 3 heterocycles. The zero-order valence-corrected chi connectivity index (χ0v) is 20.9. The summed E-state index contributed by atoms with van der Waals surface area (Å²) in [6.07, 6.45) is 2.99. The van der Waals surface area contributed by atoms with Crippen molar-refractivity contribution in [1.82, 2.24) is 24.5 Å². The van der Waals surface area contributed by atoms with E-state index in [1.807, 2.05) is 16.7 Å². The molecule has 1 fully saturated rings. The number of nitrogen functional groups attached to an aromatic ring is 1. The standard InChI is InChI=1S/C23H25FN6.CH4O3S/c1-23(2,3)12-30-21-17(27-22(30)25)11-10-16(26-21)19-18(13-6-8-15(24)9-7-13)28-20(29-19)14-4-5-14;1-5(2,3)4/h6-11,14H,4-5,12H2,1-3H3,(H2,25,27)(H,28,29);1H3,(H,2,3,4). The first-order valence-electron chi connectivity index (χ1n) is 11.2. The molecule has 0 amide bonds. The SMILES string of the molecule is CC(C)(C)Cn1c(N)nc2ccc(-c3[nH]c(C4CC4)nc3-c3ccc(F)cc3)nc21.CS(=O)(=O)O. The van der Waals surface area contributed by atoms with Crippen molar-refractivity contribution in [2.45, 2.75) is 46.1 Å². The quantitative estimate of drug-likeness (QED) is 0.347. The summed E-state index contributed by atoms with van der Waals surface area (Å²) in [6.45, 7) is 7.19. The third-order valence-corrected chi connectivity index (χ3v) is 5.31. The Labute approximate surface area is 203 Å². The van der Waals surface area contributed by atoms with Gasteiger partial charge in [-0.2, -0.15) is 8.42 Å². The van der Waals surface area contributed by atoms with Gasteiger partial charge < -0.3 is 10.7 Å². The molecule has 1 aliphatic carbocycles. The Balaban J connectivity index is 0.000000527. The maximum Gasteiger partial charge on any atom is 0.261 e. The fraction of sp³-hybridized carbons (Fsp3) is 0.375. The maximum absolute atomic E-state index is 13.5. The lowest BCUT2D eigenvalue weighted by Crippen LogP contribution is -2.17. The van der Waals surface area contributed by atoms with E-state index >= 15 is 0 Å². The van der Waals surface area contributed by atoms with Crippen LogP contribution >= 0.6 is 0 Å². The summed E-state index contributed by atoms with van der Waals surface area (Å²) >= 11 is 0. The lowest BCUT2D eigenvalue weighted by atomic mass is 9.97. The monoisotopic (exact) mass is 500 g/mol. The largest absolute Gasteiger partial charge is 0.369 e. The lowest BCUT2D eigenvalue weighted by Gasteiger charge is -2.19. The van der Waals surface area contributed by atoms with Crippen molar-refractivity contribution >= 4 is 27.2 Å². The third kappa shape index (κ3) is 6.23. The second kappa shape index (κ2) is 9.04. The van der Waals surface area contributed by atoms with Gasteiger partial charge in [0.25, 0.3) is 10.1 Å². The fourth-order valence-corrected chi connectivity index (χ4v) is 3.73. The molecule has 4 aromatic rings. The van der Waals surface area contributed by atoms with Crippen molar-refractivity contribution in [3.8, 4) is 22.6 Å². The molecule has 0 spiro atoms. The van der Waals surface area contributed by atoms with Gasteiger partial charge in [0.1, 0.15) is 17.2 Å². The Hall–Kier alpha value is -3.31. The number of halogens is 1. The van der Waals surface area contributed by atoms with Crippen LogP contribution in [0, 0.1) is 11.2 Å². The molecule has 11 heteroatoms. The zero-order valence-electron chi connectivity index (χ0n) is 20.1. The summed E-state index contributed by atoms with van der Waals surface area (Å²) in [4.78, 5) is 17.7. The third-order valence-electron chi connectivity index (χ3n) is 5.31. The molecule has 0 saturated heterocycles. The Bertz CT molecular complexity index is 1460. The number of aromatic nitrogens is 5. The summed E-state index contributed by atoms with van der Waals surface area (Å²) in [5, 5.41) is 0. The lowest BCUT2D eigenvalue weighted by molar-refractivity contribution is 0.350. The molecule has 0 radical (unpaired) electrons. The van der Waals surface area contributed by atoms with E-state index in [2.05, 4.69) is 30.7 Å². The minimum atomic E-state index is -3.67. The van der Waals surface area contributed by atoms with Crippen LogP contribution < -0.4 is 5.73 Å². The molecule has 1 aliphatic rings. The van der Waals surface area contributed by atoms with E-state index in [1.54, 1.807) is 12.1 Å². The van der Waals surface area contributed by atoms with Gasteiger partial charge in [0.2, 0.25) is 5.95 Å². The van der Waals surface area contributed by atoms with Crippen LogP contribution in [0.4, 0.5) is 10.3 Å². The van der Waals surface area contributed by atoms with Crippen molar-refractivity contribution < 1.29 is 17.4 Å². The highest BCUT2D eigenvalue weighted by Crippen LogP contribution is 2.41. The number of imidazole rings is 2. The molecule has 5 rings (SSSR count). The normalized spacial score (nSPS) is 14.1. The first-order valence-corrected chi connectivity index (χ1v) is 13.0. The highest BCUT2D eigenvalue weighted by Gasteiger charge is 2.29. The van der Waals surface area contributed by atoms with E-state index in [1.165, 1.54) is 12.1 Å². The van der Waals surface area contributed by atoms with E-state index in [9.17, 15) is 12.8 Å². The predicted octanol–water partition coefficient (Wildman–Crippen LogP) is 4.64. The summed E-state index contributed by atoms with van der Waals surface area (Å²) in [5.41, 5.74) is 11.0. The van der Waals surface area contributed by atoms with Gasteiger partial charge in [-0.1, -0.05) is 20.8 Å². The summed E-state index contributed by atoms with van der Waals surface area (Å²) in [6, 6.07) is 10.3. The first kappa shape index (κ1) is 24.8. The number of fused-ring (bicyclic) bond motifs is 1. The van der Waals surface area contributed by atoms with Gasteiger partial charge in [0.05, 0.1) is 23.3 Å². The number of nitrogens with zero attached hydrogens (tertiary/aromatic N) is 4. The molecule has 4 N–H and O–H groups in total. The number of anilines is 1. The number of hydrogen-bond donors (Lipinski definition) is 3. The molecule has 1 saturated carbocycles. The van der Waals surface area contributed by atoms with Crippen LogP contribution in [0.1, 0.15) is 45.4 Å². The molecular weight excluding hydrogens is 471 g/mol. The van der Waals surface area contributed by atoms with Crippen LogP contribution in [0.25, 0.3) is 33.8 Å².